The molecule has 1 aromatic rings. The van der Waals surface area contributed by atoms with E-state index in [1.165, 1.54) is 18.4 Å². The lowest BCUT2D eigenvalue weighted by Crippen LogP contribution is -2.22. The molecule has 1 heterocycles. The van der Waals surface area contributed by atoms with Crippen LogP contribution in [0.25, 0.3) is 0 Å². The van der Waals surface area contributed by atoms with E-state index in [0.29, 0.717) is 0 Å². The summed E-state index contributed by atoms with van der Waals surface area (Å²) in [5, 5.41) is 0. The lowest BCUT2D eigenvalue weighted by Gasteiger charge is -2.06. The molecule has 1 aliphatic carbocycles. The van der Waals surface area contributed by atoms with E-state index in [1.54, 1.807) is 0 Å². The summed E-state index contributed by atoms with van der Waals surface area (Å²) in [6, 6.07) is 4.12. The molecule has 0 saturated heterocycles. The Hall–Kier alpha value is -0.890. The number of nitrogens with zero attached hydrogens (tertiary/aromatic N) is 1. The molecule has 1 saturated carbocycles. The van der Waals surface area contributed by atoms with Crippen molar-refractivity contribution >= 4 is 0 Å². The molecule has 0 atom stereocenters. The number of hydrogen-bond acceptors (Lipinski definition) is 2. The van der Waals surface area contributed by atoms with Crippen LogP contribution in [-0.2, 0) is 6.42 Å². The summed E-state index contributed by atoms with van der Waals surface area (Å²) < 4.78 is 0. The highest BCUT2D eigenvalue weighted by Gasteiger charge is 2.37. The predicted octanol–water partition coefficient (Wildman–Crippen LogP) is 1.51. The lowest BCUT2D eigenvalue weighted by atomic mass is 10.1. The summed E-state index contributed by atoms with van der Waals surface area (Å²) in [4.78, 5) is 3.97. The number of aromatic nitrogens is 1. The highest BCUT2D eigenvalue weighted by molar-refractivity contribution is 5.12. The first kappa shape index (κ1) is 7.74. The molecule has 0 aromatic carbocycles. The summed E-state index contributed by atoms with van der Waals surface area (Å²) in [5.41, 5.74) is 7.51. The van der Waals surface area contributed by atoms with Gasteiger partial charge in [-0.05, 0) is 43.4 Å². The highest BCUT2D eigenvalue weighted by Crippen LogP contribution is 2.36. The maximum atomic E-state index is 5.98. The minimum atomic E-state index is 0.184. The molecule has 2 nitrogen and oxygen atoms in total. The number of pyridine rings is 1. The molecule has 2 N–H and O–H groups in total. The van der Waals surface area contributed by atoms with Crippen molar-refractivity contribution in [2.24, 2.45) is 5.73 Å². The molecule has 1 aliphatic rings. The van der Waals surface area contributed by atoms with Crippen LogP contribution in [-0.4, -0.2) is 10.5 Å². The van der Waals surface area contributed by atoms with E-state index >= 15 is 0 Å². The van der Waals surface area contributed by atoms with E-state index in [0.717, 1.165) is 12.8 Å². The lowest BCUT2D eigenvalue weighted by molar-refractivity contribution is 0.609. The standard InChI is InChI=1S/C10H14N2/c11-10(5-6-10)4-1-9-2-7-12-8-3-9/h2-3,7-8H,1,4-6,11H2. The third kappa shape index (κ3) is 1.83. The minimum Gasteiger partial charge on any atom is -0.325 e. The molecule has 0 bridgehead atoms. The van der Waals surface area contributed by atoms with Gasteiger partial charge >= 0.3 is 0 Å². The fourth-order valence-electron chi connectivity index (χ4n) is 1.35. The molecule has 1 fully saturated rings. The molecular formula is C10H14N2. The zero-order chi connectivity index (χ0) is 8.44. The van der Waals surface area contributed by atoms with Crippen molar-refractivity contribution in [2.45, 2.75) is 31.2 Å². The summed E-state index contributed by atoms with van der Waals surface area (Å²) in [6.45, 7) is 0. The van der Waals surface area contributed by atoms with Gasteiger partial charge in [0.15, 0.2) is 0 Å². The van der Waals surface area contributed by atoms with E-state index in [9.17, 15) is 0 Å². The number of rotatable bonds is 3. The van der Waals surface area contributed by atoms with Gasteiger partial charge in [0, 0.05) is 17.9 Å². The second-order valence-corrected chi connectivity index (χ2v) is 3.72. The fraction of sp³-hybridized carbons (Fsp3) is 0.500. The smallest absolute Gasteiger partial charge is 0.0270 e. The Morgan fingerprint density at radius 3 is 2.58 bits per heavy atom. The van der Waals surface area contributed by atoms with Crippen LogP contribution in [0.4, 0.5) is 0 Å². The van der Waals surface area contributed by atoms with Crippen molar-refractivity contribution in [1.29, 1.82) is 0 Å². The van der Waals surface area contributed by atoms with Gasteiger partial charge in [-0.1, -0.05) is 0 Å². The zero-order valence-electron chi connectivity index (χ0n) is 7.16. The summed E-state index contributed by atoms with van der Waals surface area (Å²) >= 11 is 0. The fourth-order valence-corrected chi connectivity index (χ4v) is 1.35. The monoisotopic (exact) mass is 162 g/mol. The molecular weight excluding hydrogens is 148 g/mol. The van der Waals surface area contributed by atoms with Crippen molar-refractivity contribution in [3.05, 3.63) is 30.1 Å². The van der Waals surface area contributed by atoms with Crippen LogP contribution >= 0.6 is 0 Å². The zero-order valence-corrected chi connectivity index (χ0v) is 7.16. The highest BCUT2D eigenvalue weighted by atomic mass is 14.8. The van der Waals surface area contributed by atoms with Gasteiger partial charge in [0.2, 0.25) is 0 Å². The summed E-state index contributed by atoms with van der Waals surface area (Å²) in [7, 11) is 0. The maximum absolute atomic E-state index is 5.98. The average Bonchev–Trinajstić information content (AvgIpc) is 2.84. The van der Waals surface area contributed by atoms with Gasteiger partial charge in [0.25, 0.3) is 0 Å². The molecule has 1 aromatic heterocycles. The van der Waals surface area contributed by atoms with Crippen molar-refractivity contribution in [3.63, 3.8) is 0 Å². The minimum absolute atomic E-state index is 0.184. The molecule has 2 rings (SSSR count). The van der Waals surface area contributed by atoms with Crippen molar-refractivity contribution in [2.75, 3.05) is 0 Å². The van der Waals surface area contributed by atoms with E-state index in [4.69, 9.17) is 5.73 Å². The van der Waals surface area contributed by atoms with Gasteiger partial charge in [0.05, 0.1) is 0 Å². The van der Waals surface area contributed by atoms with Crippen LogP contribution in [0.2, 0.25) is 0 Å². The van der Waals surface area contributed by atoms with Crippen LogP contribution in [0.1, 0.15) is 24.8 Å². The van der Waals surface area contributed by atoms with Crippen LogP contribution in [0.15, 0.2) is 24.5 Å². The Kier molecular flexibility index (Phi) is 1.85. The normalized spacial score (nSPS) is 19.1. The first-order valence-electron chi connectivity index (χ1n) is 4.46. The third-order valence-corrected chi connectivity index (χ3v) is 2.55. The van der Waals surface area contributed by atoms with E-state index in [2.05, 4.69) is 17.1 Å². The number of nitrogens with two attached hydrogens (primary N) is 1. The second-order valence-electron chi connectivity index (χ2n) is 3.72. The number of hydrogen-bond donors (Lipinski definition) is 1. The Labute approximate surface area is 72.8 Å². The first-order chi connectivity index (χ1) is 5.79. The molecule has 0 spiro atoms. The third-order valence-electron chi connectivity index (χ3n) is 2.55. The predicted molar refractivity (Wildman–Crippen MR) is 48.7 cm³/mol. The largest absolute Gasteiger partial charge is 0.325 e. The van der Waals surface area contributed by atoms with E-state index in [1.807, 2.05) is 12.4 Å². The van der Waals surface area contributed by atoms with Gasteiger partial charge in [-0.3, -0.25) is 4.98 Å². The molecule has 2 heteroatoms. The van der Waals surface area contributed by atoms with Crippen LogP contribution in [0, 0.1) is 0 Å². The van der Waals surface area contributed by atoms with Gasteiger partial charge < -0.3 is 5.73 Å². The topological polar surface area (TPSA) is 38.9 Å². The Morgan fingerprint density at radius 2 is 2.00 bits per heavy atom. The summed E-state index contributed by atoms with van der Waals surface area (Å²) in [6.07, 6.45) is 8.31. The van der Waals surface area contributed by atoms with Gasteiger partial charge in [0.1, 0.15) is 0 Å². The van der Waals surface area contributed by atoms with Gasteiger partial charge in [-0.15, -0.1) is 0 Å². The molecule has 0 amide bonds. The van der Waals surface area contributed by atoms with Gasteiger partial charge in [-0.2, -0.15) is 0 Å². The van der Waals surface area contributed by atoms with Crippen molar-refractivity contribution in [1.82, 2.24) is 4.98 Å². The number of aryl methyl sites for hydroxylation is 1. The molecule has 12 heavy (non-hydrogen) atoms. The summed E-state index contributed by atoms with van der Waals surface area (Å²) in [5.74, 6) is 0. The quantitative estimate of drug-likeness (QED) is 0.731. The molecule has 64 valence electrons. The average molecular weight is 162 g/mol. The Balaban J connectivity index is 1.88. The van der Waals surface area contributed by atoms with Crippen molar-refractivity contribution < 1.29 is 0 Å². The van der Waals surface area contributed by atoms with Gasteiger partial charge in [-0.25, -0.2) is 0 Å². The second kappa shape index (κ2) is 2.87. The SMILES string of the molecule is NC1(CCc2ccncc2)CC1. The molecule has 0 aliphatic heterocycles. The first-order valence-corrected chi connectivity index (χ1v) is 4.46. The van der Waals surface area contributed by atoms with Crippen molar-refractivity contribution in [3.8, 4) is 0 Å². The van der Waals surface area contributed by atoms with Crippen LogP contribution < -0.4 is 5.73 Å². The Bertz CT molecular complexity index is 252. The van der Waals surface area contributed by atoms with E-state index < -0.39 is 0 Å². The maximum Gasteiger partial charge on any atom is 0.0270 e. The molecule has 0 unspecified atom stereocenters. The molecule has 0 radical (unpaired) electrons. The van der Waals surface area contributed by atoms with E-state index in [-0.39, 0.29) is 5.54 Å². The van der Waals surface area contributed by atoms with Crippen LogP contribution in [0.3, 0.4) is 0 Å². The van der Waals surface area contributed by atoms with Crippen LogP contribution in [0.5, 0.6) is 0 Å². The Morgan fingerprint density at radius 1 is 1.33 bits per heavy atom.